The minimum atomic E-state index is 0.855. The van der Waals surface area contributed by atoms with E-state index in [0.717, 1.165) is 33.8 Å². The summed E-state index contributed by atoms with van der Waals surface area (Å²) < 4.78 is 8.62. The second-order valence-corrected chi connectivity index (χ2v) is 6.30. The lowest BCUT2D eigenvalue weighted by Crippen LogP contribution is -2.02. The molecule has 4 aromatic rings. The Bertz CT molecular complexity index is 1150. The van der Waals surface area contributed by atoms with Crippen LogP contribution in [0.5, 0.6) is 5.75 Å². The minimum absolute atomic E-state index is 0.855. The summed E-state index contributed by atoms with van der Waals surface area (Å²) in [6, 6.07) is 28.9. The van der Waals surface area contributed by atoms with Gasteiger partial charge in [-0.15, -0.1) is 0 Å². The first-order chi connectivity index (χ1) is 12.9. The zero-order valence-corrected chi connectivity index (χ0v) is 14.2. The van der Waals surface area contributed by atoms with Gasteiger partial charge in [-0.3, -0.25) is 0 Å². The van der Waals surface area contributed by atoms with E-state index in [1.54, 1.807) is 0 Å². The highest BCUT2D eigenvalue weighted by atomic mass is 16.5. The molecule has 0 bridgehead atoms. The van der Waals surface area contributed by atoms with Crippen LogP contribution in [0.4, 0.5) is 0 Å². The number of para-hydroxylation sites is 2. The molecule has 124 valence electrons. The van der Waals surface area contributed by atoms with Crippen molar-refractivity contribution in [3.05, 3.63) is 108 Å². The molecule has 0 fully saturated rings. The molecular formula is C24H17NO. The van der Waals surface area contributed by atoms with Gasteiger partial charge in [0.05, 0.1) is 11.2 Å². The molecule has 0 radical (unpaired) electrons. The molecule has 0 saturated heterocycles. The van der Waals surface area contributed by atoms with E-state index in [2.05, 4.69) is 71.4 Å². The maximum atomic E-state index is 6.42. The van der Waals surface area contributed by atoms with Crippen molar-refractivity contribution in [3.63, 3.8) is 0 Å². The molecule has 0 aliphatic carbocycles. The number of rotatable bonds is 2. The van der Waals surface area contributed by atoms with Gasteiger partial charge in [0.2, 0.25) is 0 Å². The van der Waals surface area contributed by atoms with Crippen molar-refractivity contribution < 1.29 is 4.74 Å². The van der Waals surface area contributed by atoms with Crippen molar-refractivity contribution in [3.8, 4) is 5.75 Å². The van der Waals surface area contributed by atoms with Crippen LogP contribution in [0.2, 0.25) is 0 Å². The van der Waals surface area contributed by atoms with Gasteiger partial charge in [-0.1, -0.05) is 66.7 Å². The summed E-state index contributed by atoms with van der Waals surface area (Å²) in [6.07, 6.45) is 6.36. The van der Waals surface area contributed by atoms with Crippen LogP contribution < -0.4 is 4.74 Å². The summed E-state index contributed by atoms with van der Waals surface area (Å²) in [5.41, 5.74) is 4.32. The molecular weight excluding hydrogens is 318 g/mol. The molecule has 5 rings (SSSR count). The Morgan fingerprint density at radius 2 is 1.42 bits per heavy atom. The summed E-state index contributed by atoms with van der Waals surface area (Å²) in [7, 11) is 0. The van der Waals surface area contributed by atoms with E-state index in [-0.39, 0.29) is 0 Å². The number of hydrogen-bond acceptors (Lipinski definition) is 1. The largest absolute Gasteiger partial charge is 0.454 e. The van der Waals surface area contributed by atoms with Crippen molar-refractivity contribution >= 4 is 28.4 Å². The predicted octanol–water partition coefficient (Wildman–Crippen LogP) is 6.07. The molecule has 0 saturated carbocycles. The van der Waals surface area contributed by atoms with Crippen LogP contribution in [0.1, 0.15) is 11.1 Å². The molecule has 0 spiro atoms. The zero-order chi connectivity index (χ0) is 17.3. The van der Waals surface area contributed by atoms with E-state index in [4.69, 9.17) is 4.74 Å². The lowest BCUT2D eigenvalue weighted by molar-refractivity contribution is 0.514. The number of ether oxygens (including phenoxy) is 1. The molecule has 26 heavy (non-hydrogen) atoms. The van der Waals surface area contributed by atoms with Crippen molar-refractivity contribution in [2.45, 2.75) is 0 Å². The van der Waals surface area contributed by atoms with Crippen LogP contribution in [-0.2, 0) is 0 Å². The first kappa shape index (κ1) is 14.8. The van der Waals surface area contributed by atoms with Crippen molar-refractivity contribution in [2.24, 2.45) is 0 Å². The summed E-state index contributed by atoms with van der Waals surface area (Å²) in [5.74, 6) is 1.72. The second-order valence-electron chi connectivity index (χ2n) is 6.30. The fourth-order valence-electron chi connectivity index (χ4n) is 3.40. The average Bonchev–Trinajstić information content (AvgIpc) is 3.03. The van der Waals surface area contributed by atoms with Crippen LogP contribution in [0, 0.1) is 0 Å². The number of allylic oxidation sites excluding steroid dienone is 2. The minimum Gasteiger partial charge on any atom is -0.454 e. The van der Waals surface area contributed by atoms with Gasteiger partial charge >= 0.3 is 0 Å². The molecule has 2 heterocycles. The Balaban J connectivity index is 1.79. The highest BCUT2D eigenvalue weighted by molar-refractivity contribution is 5.94. The normalized spacial score (nSPS) is 13.4. The smallest absolute Gasteiger partial charge is 0.158 e. The average molecular weight is 335 g/mol. The zero-order valence-electron chi connectivity index (χ0n) is 14.2. The highest BCUT2D eigenvalue weighted by Gasteiger charge is 2.17. The third kappa shape index (κ3) is 2.44. The molecule has 0 atom stereocenters. The van der Waals surface area contributed by atoms with Crippen molar-refractivity contribution in [2.75, 3.05) is 0 Å². The number of hydrogen-bond donors (Lipinski definition) is 0. The van der Waals surface area contributed by atoms with Crippen LogP contribution in [-0.4, -0.2) is 4.57 Å². The number of nitrogens with zero attached hydrogens (tertiary/aromatic N) is 1. The van der Waals surface area contributed by atoms with Gasteiger partial charge < -0.3 is 9.30 Å². The Labute approximate surface area is 152 Å². The van der Waals surface area contributed by atoms with Gasteiger partial charge in [-0.25, -0.2) is 0 Å². The van der Waals surface area contributed by atoms with Crippen LogP contribution in [0.3, 0.4) is 0 Å². The van der Waals surface area contributed by atoms with E-state index in [9.17, 15) is 0 Å². The molecule has 2 nitrogen and oxygen atoms in total. The number of fused-ring (bicyclic) bond motifs is 2. The molecule has 1 aliphatic rings. The second kappa shape index (κ2) is 6.08. The monoisotopic (exact) mass is 335 g/mol. The molecule has 3 aromatic carbocycles. The Morgan fingerprint density at radius 1 is 0.654 bits per heavy atom. The van der Waals surface area contributed by atoms with E-state index >= 15 is 0 Å². The maximum absolute atomic E-state index is 6.42. The van der Waals surface area contributed by atoms with E-state index in [1.807, 2.05) is 36.4 Å². The highest BCUT2D eigenvalue weighted by Crippen LogP contribution is 2.35. The lowest BCUT2D eigenvalue weighted by Gasteiger charge is -2.15. The quantitative estimate of drug-likeness (QED) is 0.433. The van der Waals surface area contributed by atoms with E-state index < -0.39 is 0 Å². The summed E-state index contributed by atoms with van der Waals surface area (Å²) >= 11 is 0. The maximum Gasteiger partial charge on any atom is 0.158 e. The van der Waals surface area contributed by atoms with Gasteiger partial charge in [0.15, 0.2) is 5.76 Å². The molecule has 0 unspecified atom stereocenters. The molecule has 0 N–H and O–H groups in total. The number of aromatic nitrogens is 1. The van der Waals surface area contributed by atoms with E-state index in [0.29, 0.717) is 0 Å². The summed E-state index contributed by atoms with van der Waals surface area (Å²) in [5, 5.41) is 1.21. The van der Waals surface area contributed by atoms with Gasteiger partial charge in [0, 0.05) is 17.3 Å². The van der Waals surface area contributed by atoms with Gasteiger partial charge in [-0.2, -0.15) is 0 Å². The first-order valence-electron chi connectivity index (χ1n) is 8.71. The lowest BCUT2D eigenvalue weighted by atomic mass is 10.1. The van der Waals surface area contributed by atoms with Crippen LogP contribution in [0.15, 0.2) is 97.2 Å². The van der Waals surface area contributed by atoms with Crippen molar-refractivity contribution in [1.82, 2.24) is 4.57 Å². The fraction of sp³-hybridized carbons (Fsp3) is 0. The van der Waals surface area contributed by atoms with Gasteiger partial charge in [0.25, 0.3) is 0 Å². The van der Waals surface area contributed by atoms with Crippen LogP contribution in [0.25, 0.3) is 28.4 Å². The predicted molar refractivity (Wildman–Crippen MR) is 108 cm³/mol. The van der Waals surface area contributed by atoms with E-state index in [1.165, 1.54) is 5.39 Å². The topological polar surface area (TPSA) is 14.2 Å². The van der Waals surface area contributed by atoms with Gasteiger partial charge in [-0.05, 0) is 35.7 Å². The Kier molecular flexibility index (Phi) is 3.46. The third-order valence-electron chi connectivity index (χ3n) is 4.68. The molecule has 2 heteroatoms. The standard InChI is InChI=1S/C24H17NO/c1-2-10-20(11-3-1)24-22(15-14-19-9-5-7-13-23(19)26-24)25-17-16-18-8-4-6-12-21(18)25/h1-17H. The Morgan fingerprint density at radius 3 is 2.35 bits per heavy atom. The SMILES string of the molecule is C1=Cc2ccccc2OC(c2ccccc2)=C1n1ccc2ccccc21. The first-order valence-corrected chi connectivity index (χ1v) is 8.71. The molecule has 1 aromatic heterocycles. The summed E-state index contributed by atoms with van der Waals surface area (Å²) in [4.78, 5) is 0. The van der Waals surface area contributed by atoms with Gasteiger partial charge in [0.1, 0.15) is 5.75 Å². The van der Waals surface area contributed by atoms with Crippen LogP contribution >= 0.6 is 0 Å². The fourth-order valence-corrected chi connectivity index (χ4v) is 3.40. The molecule has 0 amide bonds. The Hall–Kier alpha value is -3.52. The van der Waals surface area contributed by atoms with Crippen molar-refractivity contribution in [1.29, 1.82) is 0 Å². The summed E-state index contributed by atoms with van der Waals surface area (Å²) in [6.45, 7) is 0. The number of benzene rings is 3. The third-order valence-corrected chi connectivity index (χ3v) is 4.68. The molecule has 1 aliphatic heterocycles.